The SMILES string of the molecule is CCCCC(CC)(CO)CO[PH](O)(O)c1c(C(C)(C)C)cc(C(C)(C)C)cc1C(C)(C)C. The second-order valence-electron chi connectivity index (χ2n) is 12.7. The van der Waals surface area contributed by atoms with E-state index < -0.39 is 13.4 Å². The molecule has 5 heteroatoms. The minimum absolute atomic E-state index is 0.0187. The number of aliphatic hydroxyl groups is 1. The second-order valence-corrected chi connectivity index (χ2v) is 14.7. The second kappa shape index (κ2) is 10.4. The summed E-state index contributed by atoms with van der Waals surface area (Å²) in [6.07, 6.45) is 3.54. The van der Waals surface area contributed by atoms with E-state index in [2.05, 4.69) is 81.4 Å². The van der Waals surface area contributed by atoms with Crippen LogP contribution in [0.15, 0.2) is 12.1 Å². The first-order valence-corrected chi connectivity index (χ1v) is 14.0. The Bertz CT molecular complexity index is 709. The van der Waals surface area contributed by atoms with Gasteiger partial charge in [-0.25, -0.2) is 0 Å². The van der Waals surface area contributed by atoms with Crippen LogP contribution in [0.4, 0.5) is 0 Å². The van der Waals surface area contributed by atoms with Gasteiger partial charge in [-0.3, -0.25) is 0 Å². The van der Waals surface area contributed by atoms with Crippen molar-refractivity contribution in [1.82, 2.24) is 0 Å². The van der Waals surface area contributed by atoms with Crippen LogP contribution >= 0.6 is 7.94 Å². The Kier molecular flexibility index (Phi) is 9.60. The Morgan fingerprint density at radius 2 is 1.28 bits per heavy atom. The summed E-state index contributed by atoms with van der Waals surface area (Å²) in [6, 6.07) is 4.27. The maximum absolute atomic E-state index is 11.5. The first kappa shape index (κ1) is 29.5. The van der Waals surface area contributed by atoms with E-state index in [1.807, 2.05) is 6.92 Å². The van der Waals surface area contributed by atoms with Crippen molar-refractivity contribution in [3.8, 4) is 0 Å². The van der Waals surface area contributed by atoms with Crippen molar-refractivity contribution in [3.05, 3.63) is 28.8 Å². The number of unbranched alkanes of at least 4 members (excludes halogenated alkanes) is 1. The van der Waals surface area contributed by atoms with Gasteiger partial charge in [-0.2, -0.15) is 0 Å². The Labute approximate surface area is 198 Å². The molecule has 3 N–H and O–H groups in total. The van der Waals surface area contributed by atoms with Gasteiger partial charge >= 0.3 is 198 Å². The number of hydrogen-bond donors (Lipinski definition) is 3. The number of rotatable bonds is 9. The normalized spacial score (nSPS) is 16.2. The summed E-state index contributed by atoms with van der Waals surface area (Å²) in [5.41, 5.74) is 1.96. The standard InChI is InChI=1S/C27H51O4P/c1-12-14-15-27(13-2,18-28)19-31-32(29,30)23-21(25(6,7)8)16-20(24(3,4)5)17-22(23)26(9,10)11/h16-17,28-30,32H,12-15,18-19H2,1-11H3. The Balaban J connectivity index is 3.69. The van der Waals surface area contributed by atoms with Crippen LogP contribution < -0.4 is 5.30 Å². The predicted molar refractivity (Wildman–Crippen MR) is 140 cm³/mol. The Morgan fingerprint density at radius 3 is 1.59 bits per heavy atom. The molecule has 32 heavy (non-hydrogen) atoms. The van der Waals surface area contributed by atoms with Gasteiger partial charge in [0.15, 0.2) is 0 Å². The average molecular weight is 471 g/mol. The van der Waals surface area contributed by atoms with Crippen LogP contribution in [0.1, 0.15) is 119 Å². The van der Waals surface area contributed by atoms with E-state index in [0.29, 0.717) is 5.30 Å². The molecule has 0 saturated carbocycles. The molecule has 0 heterocycles. The zero-order chi connectivity index (χ0) is 25.2. The molecule has 0 amide bonds. The van der Waals surface area contributed by atoms with Crippen molar-refractivity contribution >= 4 is 13.2 Å². The van der Waals surface area contributed by atoms with Crippen molar-refractivity contribution in [1.29, 1.82) is 0 Å². The van der Waals surface area contributed by atoms with Gasteiger partial charge in [-0.1, -0.05) is 0 Å². The third kappa shape index (κ3) is 7.24. The molecule has 1 aromatic carbocycles. The summed E-state index contributed by atoms with van der Waals surface area (Å²) in [6.45, 7) is 23.5. The first-order chi connectivity index (χ1) is 14.3. The Morgan fingerprint density at radius 1 is 0.812 bits per heavy atom. The summed E-state index contributed by atoms with van der Waals surface area (Å²) in [7, 11) is -4.26. The van der Waals surface area contributed by atoms with Crippen LogP contribution in [-0.4, -0.2) is 28.1 Å². The topological polar surface area (TPSA) is 69.9 Å². The van der Waals surface area contributed by atoms with Crippen molar-refractivity contribution in [2.75, 3.05) is 13.2 Å². The van der Waals surface area contributed by atoms with Gasteiger partial charge < -0.3 is 0 Å². The molecule has 0 saturated heterocycles. The van der Waals surface area contributed by atoms with Gasteiger partial charge in [-0.05, 0) is 0 Å². The van der Waals surface area contributed by atoms with E-state index in [-0.39, 0.29) is 29.5 Å². The van der Waals surface area contributed by atoms with Gasteiger partial charge in [0.1, 0.15) is 0 Å². The van der Waals surface area contributed by atoms with Crippen LogP contribution in [0.5, 0.6) is 0 Å². The van der Waals surface area contributed by atoms with Gasteiger partial charge in [0.2, 0.25) is 0 Å². The van der Waals surface area contributed by atoms with Crippen molar-refractivity contribution in [3.63, 3.8) is 0 Å². The third-order valence-electron chi connectivity index (χ3n) is 6.67. The fourth-order valence-corrected chi connectivity index (χ4v) is 6.32. The number of hydrogen-bond acceptors (Lipinski definition) is 4. The molecule has 1 rings (SSSR count). The molecule has 0 radical (unpaired) electrons. The Hall–Kier alpha value is -0.510. The summed E-state index contributed by atoms with van der Waals surface area (Å²) in [5, 5.41) is 10.7. The van der Waals surface area contributed by atoms with Gasteiger partial charge in [0, 0.05) is 0 Å². The maximum atomic E-state index is 11.5. The summed E-state index contributed by atoms with van der Waals surface area (Å²) < 4.78 is 6.05. The van der Waals surface area contributed by atoms with E-state index >= 15 is 0 Å². The molecule has 0 aromatic heterocycles. The van der Waals surface area contributed by atoms with Crippen molar-refractivity contribution in [2.45, 2.75) is 118 Å². The van der Waals surface area contributed by atoms with Crippen LogP contribution in [0.25, 0.3) is 0 Å². The van der Waals surface area contributed by atoms with Gasteiger partial charge in [0.05, 0.1) is 0 Å². The monoisotopic (exact) mass is 470 g/mol. The van der Waals surface area contributed by atoms with E-state index in [0.717, 1.165) is 36.8 Å². The molecule has 0 aliphatic carbocycles. The van der Waals surface area contributed by atoms with E-state index in [9.17, 15) is 14.9 Å². The molecule has 0 aliphatic heterocycles. The molecular weight excluding hydrogens is 419 g/mol. The zero-order valence-corrected chi connectivity index (χ0v) is 23.6. The number of aliphatic hydroxyl groups excluding tert-OH is 1. The van der Waals surface area contributed by atoms with Crippen LogP contribution in [0, 0.1) is 5.41 Å². The van der Waals surface area contributed by atoms with Crippen LogP contribution in [0.3, 0.4) is 0 Å². The third-order valence-corrected chi connectivity index (χ3v) is 8.41. The fourth-order valence-electron chi connectivity index (χ4n) is 4.07. The molecule has 0 spiro atoms. The molecule has 0 fully saturated rings. The average Bonchev–Trinajstić information content (AvgIpc) is 2.65. The summed E-state index contributed by atoms with van der Waals surface area (Å²) >= 11 is 0. The van der Waals surface area contributed by atoms with E-state index in [1.165, 1.54) is 5.56 Å². The predicted octanol–water partition coefficient (Wildman–Crippen LogP) is 6.28. The van der Waals surface area contributed by atoms with E-state index in [1.54, 1.807) is 0 Å². The number of benzene rings is 1. The van der Waals surface area contributed by atoms with Crippen LogP contribution in [0.2, 0.25) is 0 Å². The molecular formula is C27H51O4P. The fraction of sp³-hybridized carbons (Fsp3) is 0.778. The summed E-state index contributed by atoms with van der Waals surface area (Å²) in [4.78, 5) is 23.1. The molecule has 1 unspecified atom stereocenters. The van der Waals surface area contributed by atoms with Crippen molar-refractivity contribution in [2.24, 2.45) is 5.41 Å². The van der Waals surface area contributed by atoms with Crippen LogP contribution in [-0.2, 0) is 20.8 Å². The van der Waals surface area contributed by atoms with Gasteiger partial charge in [-0.15, -0.1) is 0 Å². The minimum atomic E-state index is -4.26. The zero-order valence-electron chi connectivity index (χ0n) is 22.6. The van der Waals surface area contributed by atoms with Gasteiger partial charge in [0.25, 0.3) is 0 Å². The summed E-state index contributed by atoms with van der Waals surface area (Å²) in [5.74, 6) is 0. The molecule has 0 aliphatic rings. The quantitative estimate of drug-likeness (QED) is 0.372. The molecule has 4 nitrogen and oxygen atoms in total. The molecule has 188 valence electrons. The molecule has 1 atom stereocenters. The van der Waals surface area contributed by atoms with Crippen molar-refractivity contribution < 1.29 is 19.4 Å². The van der Waals surface area contributed by atoms with E-state index in [4.69, 9.17) is 4.52 Å². The molecule has 0 bridgehead atoms. The first-order valence-electron chi connectivity index (χ1n) is 12.2. The molecule has 1 aromatic rings.